The minimum absolute atomic E-state index is 0.765. The Kier molecular flexibility index (Phi) is 2.85. The maximum atomic E-state index is 10.1. The number of hydrogen-bond donors (Lipinski definition) is 1. The molecule has 0 spiro atoms. The van der Waals surface area contributed by atoms with Crippen molar-refractivity contribution in [2.45, 2.75) is 13.8 Å². The highest BCUT2D eigenvalue weighted by Crippen LogP contribution is 2.19. The monoisotopic (exact) mass is 175 g/mol. The number of benzene rings is 1. The van der Waals surface area contributed by atoms with Gasteiger partial charge in [0.25, 0.3) is 0 Å². The van der Waals surface area contributed by atoms with Gasteiger partial charge in [0.2, 0.25) is 0 Å². The van der Waals surface area contributed by atoms with E-state index in [-0.39, 0.29) is 0 Å². The van der Waals surface area contributed by atoms with E-state index in [1.54, 1.807) is 6.08 Å². The molecule has 13 heavy (non-hydrogen) atoms. The van der Waals surface area contributed by atoms with Gasteiger partial charge in [0.05, 0.1) is 0 Å². The standard InChI is InChI=1S/C11H13NO/c1-8-6-10(4-3-5-13)7-9(2)11(8)12/h3-7H,12H2,1-2H3. The van der Waals surface area contributed by atoms with Crippen LogP contribution in [-0.2, 0) is 4.79 Å². The molecule has 0 atom stereocenters. The Labute approximate surface area is 78.1 Å². The minimum Gasteiger partial charge on any atom is -0.398 e. The third-order valence-corrected chi connectivity index (χ3v) is 1.98. The molecule has 68 valence electrons. The largest absolute Gasteiger partial charge is 0.398 e. The molecule has 0 saturated heterocycles. The third-order valence-electron chi connectivity index (χ3n) is 1.98. The zero-order valence-electron chi connectivity index (χ0n) is 7.87. The molecule has 0 aromatic heterocycles. The molecule has 1 rings (SSSR count). The maximum Gasteiger partial charge on any atom is 0.142 e. The summed E-state index contributed by atoms with van der Waals surface area (Å²) in [6.07, 6.45) is 4.01. The minimum atomic E-state index is 0.765. The fraction of sp³-hybridized carbons (Fsp3) is 0.182. The lowest BCUT2D eigenvalue weighted by Gasteiger charge is -2.05. The number of carbonyl (C=O) groups excluding carboxylic acids is 1. The van der Waals surface area contributed by atoms with Gasteiger partial charge >= 0.3 is 0 Å². The molecule has 0 unspecified atom stereocenters. The van der Waals surface area contributed by atoms with Crippen LogP contribution in [0.25, 0.3) is 6.08 Å². The van der Waals surface area contributed by atoms with Gasteiger partial charge in [-0.25, -0.2) is 0 Å². The number of aldehydes is 1. The summed E-state index contributed by atoms with van der Waals surface area (Å²) in [6.45, 7) is 3.92. The van der Waals surface area contributed by atoms with Gasteiger partial charge in [0.1, 0.15) is 6.29 Å². The second-order valence-electron chi connectivity index (χ2n) is 3.06. The fourth-order valence-corrected chi connectivity index (χ4v) is 1.25. The number of aryl methyl sites for hydroxylation is 2. The molecule has 0 radical (unpaired) electrons. The van der Waals surface area contributed by atoms with E-state index >= 15 is 0 Å². The first-order chi connectivity index (χ1) is 6.15. The Morgan fingerprint density at radius 1 is 1.23 bits per heavy atom. The second-order valence-corrected chi connectivity index (χ2v) is 3.06. The van der Waals surface area contributed by atoms with E-state index in [1.807, 2.05) is 26.0 Å². The Morgan fingerprint density at radius 2 is 1.77 bits per heavy atom. The van der Waals surface area contributed by atoms with Crippen molar-refractivity contribution in [1.29, 1.82) is 0 Å². The Hall–Kier alpha value is -1.57. The van der Waals surface area contributed by atoms with Crippen molar-refractivity contribution in [3.05, 3.63) is 34.9 Å². The normalized spacial score (nSPS) is 10.6. The Balaban J connectivity index is 3.12. The fourth-order valence-electron chi connectivity index (χ4n) is 1.25. The van der Waals surface area contributed by atoms with E-state index in [9.17, 15) is 4.79 Å². The lowest BCUT2D eigenvalue weighted by atomic mass is 10.0. The van der Waals surface area contributed by atoms with E-state index < -0.39 is 0 Å². The van der Waals surface area contributed by atoms with Crippen LogP contribution in [0.2, 0.25) is 0 Å². The number of allylic oxidation sites excluding steroid dienone is 1. The van der Waals surface area contributed by atoms with E-state index in [1.165, 1.54) is 6.08 Å². The van der Waals surface area contributed by atoms with Crippen LogP contribution in [0.1, 0.15) is 16.7 Å². The van der Waals surface area contributed by atoms with Crippen molar-refractivity contribution in [3.63, 3.8) is 0 Å². The third kappa shape index (κ3) is 2.18. The van der Waals surface area contributed by atoms with Crippen LogP contribution >= 0.6 is 0 Å². The highest BCUT2D eigenvalue weighted by molar-refractivity contribution is 5.74. The Bertz CT molecular complexity index is 330. The predicted molar refractivity (Wildman–Crippen MR) is 55.4 cm³/mol. The number of carbonyl (C=O) groups is 1. The first kappa shape index (κ1) is 9.52. The maximum absolute atomic E-state index is 10.1. The zero-order chi connectivity index (χ0) is 9.84. The molecule has 0 aliphatic carbocycles. The van der Waals surface area contributed by atoms with Gasteiger partial charge in [0.15, 0.2) is 0 Å². The van der Waals surface area contributed by atoms with Crippen molar-refractivity contribution in [1.82, 2.24) is 0 Å². The van der Waals surface area contributed by atoms with Gasteiger partial charge in [-0.1, -0.05) is 6.08 Å². The molecule has 0 aliphatic rings. The van der Waals surface area contributed by atoms with E-state index in [2.05, 4.69) is 0 Å². The molecule has 0 fully saturated rings. The molecule has 2 N–H and O–H groups in total. The average Bonchev–Trinajstić information content (AvgIpc) is 2.10. The highest BCUT2D eigenvalue weighted by Gasteiger charge is 1.98. The molecule has 0 aliphatic heterocycles. The first-order valence-electron chi connectivity index (χ1n) is 4.13. The van der Waals surface area contributed by atoms with Crippen LogP contribution in [0.3, 0.4) is 0 Å². The molecule has 2 nitrogen and oxygen atoms in total. The second kappa shape index (κ2) is 3.90. The first-order valence-corrected chi connectivity index (χ1v) is 4.13. The lowest BCUT2D eigenvalue weighted by Crippen LogP contribution is -1.93. The van der Waals surface area contributed by atoms with Crippen LogP contribution in [0.15, 0.2) is 18.2 Å². The van der Waals surface area contributed by atoms with Crippen LogP contribution in [0.4, 0.5) is 5.69 Å². The number of rotatable bonds is 2. The summed E-state index contributed by atoms with van der Waals surface area (Å²) in [7, 11) is 0. The quantitative estimate of drug-likeness (QED) is 0.425. The zero-order valence-corrected chi connectivity index (χ0v) is 7.87. The molecule has 0 bridgehead atoms. The van der Waals surface area contributed by atoms with E-state index in [4.69, 9.17) is 5.73 Å². The van der Waals surface area contributed by atoms with Gasteiger partial charge in [-0.05, 0) is 48.7 Å². The number of anilines is 1. The van der Waals surface area contributed by atoms with Gasteiger partial charge in [-0.2, -0.15) is 0 Å². The molecule has 2 heteroatoms. The van der Waals surface area contributed by atoms with E-state index in [0.717, 1.165) is 28.7 Å². The van der Waals surface area contributed by atoms with Crippen LogP contribution < -0.4 is 5.73 Å². The molecular formula is C11H13NO. The van der Waals surface area contributed by atoms with Crippen molar-refractivity contribution in [2.24, 2.45) is 0 Å². The van der Waals surface area contributed by atoms with Crippen LogP contribution in [0, 0.1) is 13.8 Å². The summed E-state index contributed by atoms with van der Waals surface area (Å²) in [5.41, 5.74) is 9.71. The molecule has 1 aromatic carbocycles. The van der Waals surface area contributed by atoms with Crippen molar-refractivity contribution in [2.75, 3.05) is 5.73 Å². The lowest BCUT2D eigenvalue weighted by molar-refractivity contribution is -0.104. The van der Waals surface area contributed by atoms with Crippen molar-refractivity contribution < 1.29 is 4.79 Å². The van der Waals surface area contributed by atoms with Crippen molar-refractivity contribution in [3.8, 4) is 0 Å². The van der Waals surface area contributed by atoms with Gasteiger partial charge < -0.3 is 5.73 Å². The molecule has 1 aromatic rings. The number of nitrogen functional groups attached to an aromatic ring is 1. The summed E-state index contributed by atoms with van der Waals surface area (Å²) in [4.78, 5) is 10.1. The molecule has 0 heterocycles. The van der Waals surface area contributed by atoms with E-state index in [0.29, 0.717) is 0 Å². The number of nitrogens with two attached hydrogens (primary N) is 1. The summed E-state index contributed by atoms with van der Waals surface area (Å²) >= 11 is 0. The summed E-state index contributed by atoms with van der Waals surface area (Å²) in [5.74, 6) is 0. The smallest absolute Gasteiger partial charge is 0.142 e. The Morgan fingerprint density at radius 3 is 2.23 bits per heavy atom. The SMILES string of the molecule is Cc1cc(C=CC=O)cc(C)c1N. The summed E-state index contributed by atoms with van der Waals surface area (Å²) < 4.78 is 0. The van der Waals surface area contributed by atoms with Gasteiger partial charge in [-0.3, -0.25) is 4.79 Å². The summed E-state index contributed by atoms with van der Waals surface area (Å²) in [6, 6.07) is 3.92. The van der Waals surface area contributed by atoms with Crippen LogP contribution in [-0.4, -0.2) is 6.29 Å². The average molecular weight is 175 g/mol. The highest BCUT2D eigenvalue weighted by atomic mass is 16.1. The van der Waals surface area contributed by atoms with Crippen molar-refractivity contribution >= 4 is 18.0 Å². The predicted octanol–water partition coefficient (Wildman–Crippen LogP) is 2.10. The van der Waals surface area contributed by atoms with Gasteiger partial charge in [0, 0.05) is 5.69 Å². The van der Waals surface area contributed by atoms with Gasteiger partial charge in [-0.15, -0.1) is 0 Å². The summed E-state index contributed by atoms with van der Waals surface area (Å²) in [5, 5.41) is 0. The molecular weight excluding hydrogens is 162 g/mol. The molecule has 0 amide bonds. The topological polar surface area (TPSA) is 43.1 Å². The van der Waals surface area contributed by atoms with Crippen LogP contribution in [0.5, 0.6) is 0 Å². The number of hydrogen-bond acceptors (Lipinski definition) is 2. The molecule has 0 saturated carbocycles.